The van der Waals surface area contributed by atoms with Crippen molar-refractivity contribution in [2.24, 2.45) is 11.1 Å². The summed E-state index contributed by atoms with van der Waals surface area (Å²) in [4.78, 5) is 13.6. The van der Waals surface area contributed by atoms with Crippen LogP contribution >= 0.6 is 0 Å². The molecule has 0 saturated heterocycles. The van der Waals surface area contributed by atoms with Crippen LogP contribution in [0, 0.1) is 5.41 Å². The smallest absolute Gasteiger partial charge is 0.239 e. The molecule has 4 heteroatoms. The Hall–Kier alpha value is -0.610. The highest BCUT2D eigenvalue weighted by Crippen LogP contribution is 2.45. The van der Waals surface area contributed by atoms with E-state index in [1.54, 1.807) is 11.8 Å². The van der Waals surface area contributed by atoms with Gasteiger partial charge in [0.05, 0.1) is 12.1 Å². The molecule has 1 amide bonds. The summed E-state index contributed by atoms with van der Waals surface area (Å²) in [5.41, 5.74) is 5.64. The molecule has 2 N–H and O–H groups in total. The van der Waals surface area contributed by atoms with Gasteiger partial charge in [-0.3, -0.25) is 4.79 Å². The molecule has 4 nitrogen and oxygen atoms in total. The maximum absolute atomic E-state index is 11.8. The summed E-state index contributed by atoms with van der Waals surface area (Å²) in [6.45, 7) is 8.75. The lowest BCUT2D eigenvalue weighted by Gasteiger charge is -2.55. The van der Waals surface area contributed by atoms with Crippen molar-refractivity contribution in [3.8, 4) is 0 Å². The fourth-order valence-electron chi connectivity index (χ4n) is 2.48. The molecule has 1 saturated carbocycles. The first-order valence-electron chi connectivity index (χ1n) is 5.96. The van der Waals surface area contributed by atoms with Crippen LogP contribution in [0.25, 0.3) is 0 Å². The Labute approximate surface area is 98.1 Å². The molecule has 0 aromatic rings. The van der Waals surface area contributed by atoms with Crippen LogP contribution in [0.2, 0.25) is 0 Å². The average molecular weight is 228 g/mol. The first kappa shape index (κ1) is 13.5. The molecule has 3 atom stereocenters. The van der Waals surface area contributed by atoms with Crippen LogP contribution in [-0.2, 0) is 9.53 Å². The monoisotopic (exact) mass is 228 g/mol. The number of amides is 1. The molecule has 94 valence electrons. The molecule has 1 rings (SSSR count). The van der Waals surface area contributed by atoms with Gasteiger partial charge in [-0.2, -0.15) is 0 Å². The molecule has 0 aromatic heterocycles. The minimum absolute atomic E-state index is 0.00743. The SMILES string of the molecule is CCOC1CC(N(C)C(=O)[C@H](C)N)C1(C)C. The Morgan fingerprint density at radius 2 is 2.19 bits per heavy atom. The third-order valence-corrected chi connectivity index (χ3v) is 3.70. The second kappa shape index (κ2) is 4.72. The van der Waals surface area contributed by atoms with Crippen molar-refractivity contribution in [2.45, 2.75) is 52.3 Å². The van der Waals surface area contributed by atoms with Gasteiger partial charge in [0.15, 0.2) is 0 Å². The van der Waals surface area contributed by atoms with E-state index in [0.717, 1.165) is 13.0 Å². The van der Waals surface area contributed by atoms with Crippen molar-refractivity contribution in [2.75, 3.05) is 13.7 Å². The first-order chi connectivity index (χ1) is 7.32. The average Bonchev–Trinajstić information content (AvgIpc) is 2.21. The van der Waals surface area contributed by atoms with Gasteiger partial charge in [0.25, 0.3) is 0 Å². The third-order valence-electron chi connectivity index (χ3n) is 3.70. The topological polar surface area (TPSA) is 55.6 Å². The van der Waals surface area contributed by atoms with Crippen molar-refractivity contribution in [1.82, 2.24) is 4.90 Å². The van der Waals surface area contributed by atoms with E-state index >= 15 is 0 Å². The number of likely N-dealkylation sites (N-methyl/N-ethyl adjacent to an activating group) is 1. The maximum Gasteiger partial charge on any atom is 0.239 e. The van der Waals surface area contributed by atoms with Crippen molar-refractivity contribution < 1.29 is 9.53 Å². The Morgan fingerprint density at radius 1 is 1.62 bits per heavy atom. The number of hydrogen-bond donors (Lipinski definition) is 1. The number of rotatable bonds is 4. The molecule has 0 aromatic carbocycles. The standard InChI is InChI=1S/C12H24N2O2/c1-6-16-10-7-9(12(10,3)4)14(5)11(15)8(2)13/h8-10H,6-7,13H2,1-5H3/t8-,9?,10?/m0/s1. The summed E-state index contributed by atoms with van der Waals surface area (Å²) in [7, 11) is 1.83. The van der Waals surface area contributed by atoms with Gasteiger partial charge in [-0.25, -0.2) is 0 Å². The predicted molar refractivity (Wildman–Crippen MR) is 64.0 cm³/mol. The van der Waals surface area contributed by atoms with Crippen molar-refractivity contribution in [1.29, 1.82) is 0 Å². The number of hydrogen-bond acceptors (Lipinski definition) is 3. The van der Waals surface area contributed by atoms with E-state index in [1.807, 2.05) is 14.0 Å². The van der Waals surface area contributed by atoms with Crippen LogP contribution < -0.4 is 5.73 Å². The zero-order valence-electron chi connectivity index (χ0n) is 11.0. The summed E-state index contributed by atoms with van der Waals surface area (Å²) >= 11 is 0. The lowest BCUT2D eigenvalue weighted by atomic mass is 9.63. The highest BCUT2D eigenvalue weighted by molar-refractivity contribution is 5.81. The van der Waals surface area contributed by atoms with Gasteiger partial charge < -0.3 is 15.4 Å². The van der Waals surface area contributed by atoms with Crippen molar-refractivity contribution in [3.63, 3.8) is 0 Å². The second-order valence-corrected chi connectivity index (χ2v) is 5.25. The van der Waals surface area contributed by atoms with E-state index < -0.39 is 6.04 Å². The number of ether oxygens (including phenoxy) is 1. The summed E-state index contributed by atoms with van der Waals surface area (Å²) in [6.07, 6.45) is 1.17. The molecule has 1 aliphatic carbocycles. The fourth-order valence-corrected chi connectivity index (χ4v) is 2.48. The van der Waals surface area contributed by atoms with Crippen LogP contribution in [0.5, 0.6) is 0 Å². The first-order valence-corrected chi connectivity index (χ1v) is 5.96. The molecule has 0 heterocycles. The van der Waals surface area contributed by atoms with E-state index in [9.17, 15) is 4.79 Å². The molecule has 16 heavy (non-hydrogen) atoms. The van der Waals surface area contributed by atoms with Gasteiger partial charge in [-0.05, 0) is 20.3 Å². The van der Waals surface area contributed by atoms with Gasteiger partial charge >= 0.3 is 0 Å². The molecular formula is C12H24N2O2. The largest absolute Gasteiger partial charge is 0.378 e. The van der Waals surface area contributed by atoms with Gasteiger partial charge in [0, 0.05) is 25.1 Å². The quantitative estimate of drug-likeness (QED) is 0.781. The molecule has 0 aliphatic heterocycles. The molecule has 1 fully saturated rings. The predicted octanol–water partition coefficient (Wildman–Crippen LogP) is 0.996. The second-order valence-electron chi connectivity index (χ2n) is 5.25. The molecule has 0 radical (unpaired) electrons. The molecule has 0 spiro atoms. The van der Waals surface area contributed by atoms with Gasteiger partial charge in [0.2, 0.25) is 5.91 Å². The van der Waals surface area contributed by atoms with Crippen molar-refractivity contribution >= 4 is 5.91 Å². The molecule has 0 bridgehead atoms. The van der Waals surface area contributed by atoms with Crippen LogP contribution in [0.1, 0.15) is 34.1 Å². The van der Waals surface area contributed by atoms with Crippen LogP contribution in [-0.4, -0.2) is 42.6 Å². The maximum atomic E-state index is 11.8. The van der Waals surface area contributed by atoms with Gasteiger partial charge in [0.1, 0.15) is 0 Å². The lowest BCUT2D eigenvalue weighted by molar-refractivity contribution is -0.164. The Morgan fingerprint density at radius 3 is 2.56 bits per heavy atom. The molecule has 1 aliphatic rings. The summed E-state index contributed by atoms with van der Waals surface area (Å²) < 4.78 is 5.64. The summed E-state index contributed by atoms with van der Waals surface area (Å²) in [5.74, 6) is 0.00743. The van der Waals surface area contributed by atoms with Crippen molar-refractivity contribution in [3.05, 3.63) is 0 Å². The number of nitrogens with two attached hydrogens (primary N) is 1. The normalized spacial score (nSPS) is 29.4. The Kier molecular flexibility index (Phi) is 3.97. The van der Waals surface area contributed by atoms with E-state index in [0.29, 0.717) is 0 Å². The van der Waals surface area contributed by atoms with E-state index in [-0.39, 0.29) is 23.5 Å². The Balaban J connectivity index is 2.61. The minimum atomic E-state index is -0.424. The van der Waals surface area contributed by atoms with Crippen LogP contribution in [0.15, 0.2) is 0 Å². The zero-order valence-corrected chi connectivity index (χ0v) is 11.0. The fraction of sp³-hybridized carbons (Fsp3) is 0.917. The summed E-state index contributed by atoms with van der Waals surface area (Å²) in [6, 6.07) is -0.186. The van der Waals surface area contributed by atoms with Crippen LogP contribution in [0.3, 0.4) is 0 Å². The van der Waals surface area contributed by atoms with E-state index in [2.05, 4.69) is 13.8 Å². The zero-order chi connectivity index (χ0) is 12.5. The number of nitrogens with zero attached hydrogens (tertiary/aromatic N) is 1. The third kappa shape index (κ3) is 2.23. The molecule has 2 unspecified atom stereocenters. The van der Waals surface area contributed by atoms with E-state index in [1.165, 1.54) is 0 Å². The van der Waals surface area contributed by atoms with E-state index in [4.69, 9.17) is 10.5 Å². The number of carbonyl (C=O) groups is 1. The lowest BCUT2D eigenvalue weighted by Crippen LogP contribution is -2.63. The highest BCUT2D eigenvalue weighted by atomic mass is 16.5. The molecular weight excluding hydrogens is 204 g/mol. The Bertz CT molecular complexity index is 264. The van der Waals surface area contributed by atoms with Gasteiger partial charge in [-0.15, -0.1) is 0 Å². The summed E-state index contributed by atoms with van der Waals surface area (Å²) in [5, 5.41) is 0. The minimum Gasteiger partial charge on any atom is -0.378 e. The van der Waals surface area contributed by atoms with Crippen LogP contribution in [0.4, 0.5) is 0 Å². The highest BCUT2D eigenvalue weighted by Gasteiger charge is 2.51. The number of carbonyl (C=O) groups excluding carboxylic acids is 1. The van der Waals surface area contributed by atoms with Gasteiger partial charge in [-0.1, -0.05) is 13.8 Å².